The van der Waals surface area contributed by atoms with Gasteiger partial charge in [0.2, 0.25) is 0 Å². The second-order valence-corrected chi connectivity index (χ2v) is 5.55. The lowest BCUT2D eigenvalue weighted by atomic mass is 10.2. The van der Waals surface area contributed by atoms with Crippen molar-refractivity contribution in [2.24, 2.45) is 0 Å². The normalized spacial score (nSPS) is 19.0. The van der Waals surface area contributed by atoms with Crippen LogP contribution in [0.2, 0.25) is 0 Å². The summed E-state index contributed by atoms with van der Waals surface area (Å²) < 4.78 is 9.54. The van der Waals surface area contributed by atoms with Crippen molar-refractivity contribution in [2.45, 2.75) is 26.4 Å². The number of aromatic amines is 1. The second kappa shape index (κ2) is 5.86. The Morgan fingerprint density at radius 3 is 3.14 bits per heavy atom. The number of hydrogen-bond acceptors (Lipinski definition) is 7. The predicted molar refractivity (Wildman–Crippen MR) is 75.0 cm³/mol. The molecule has 21 heavy (non-hydrogen) atoms. The minimum absolute atomic E-state index is 0.0394. The molecule has 0 aliphatic carbocycles. The highest BCUT2D eigenvalue weighted by Gasteiger charge is 2.30. The van der Waals surface area contributed by atoms with Crippen LogP contribution in [0.15, 0.2) is 0 Å². The minimum atomic E-state index is -0.293. The highest BCUT2D eigenvalue weighted by molar-refractivity contribution is 7.08. The molecule has 0 aromatic carbocycles. The third kappa shape index (κ3) is 2.79. The Hall–Kier alpha value is -1.87. The average Bonchev–Trinajstić information content (AvgIpc) is 3.15. The maximum absolute atomic E-state index is 12.6. The quantitative estimate of drug-likeness (QED) is 0.898. The number of nitrogens with zero attached hydrogens (tertiary/aromatic N) is 5. The third-order valence-electron chi connectivity index (χ3n) is 3.34. The first-order valence-electron chi connectivity index (χ1n) is 6.80. The molecule has 8 nitrogen and oxygen atoms in total. The van der Waals surface area contributed by atoms with E-state index in [4.69, 9.17) is 4.74 Å². The van der Waals surface area contributed by atoms with Crippen LogP contribution >= 0.6 is 11.5 Å². The lowest BCUT2D eigenvalue weighted by Gasteiger charge is -2.31. The van der Waals surface area contributed by atoms with E-state index in [1.165, 1.54) is 0 Å². The fourth-order valence-electron chi connectivity index (χ4n) is 2.24. The van der Waals surface area contributed by atoms with Crippen LogP contribution in [0.5, 0.6) is 0 Å². The molecule has 1 fully saturated rings. The van der Waals surface area contributed by atoms with E-state index in [1.807, 2.05) is 13.8 Å². The van der Waals surface area contributed by atoms with E-state index in [0.717, 1.165) is 23.1 Å². The minimum Gasteiger partial charge on any atom is -0.366 e. The van der Waals surface area contributed by atoms with Crippen molar-refractivity contribution in [2.75, 3.05) is 19.7 Å². The Bertz CT molecular complexity index is 639. The Morgan fingerprint density at radius 2 is 2.43 bits per heavy atom. The summed E-state index contributed by atoms with van der Waals surface area (Å²) in [6, 6.07) is 0. The molecule has 1 amide bonds. The van der Waals surface area contributed by atoms with Gasteiger partial charge in [0.05, 0.1) is 18.8 Å². The van der Waals surface area contributed by atoms with Crippen molar-refractivity contribution >= 4 is 17.4 Å². The zero-order valence-electron chi connectivity index (χ0n) is 11.9. The Kier molecular flexibility index (Phi) is 3.93. The zero-order valence-corrected chi connectivity index (χ0v) is 12.7. The van der Waals surface area contributed by atoms with Crippen LogP contribution in [-0.2, 0) is 11.2 Å². The molecule has 1 N–H and O–H groups in total. The summed E-state index contributed by atoms with van der Waals surface area (Å²) in [5.74, 6) is 1.28. The molecule has 3 rings (SSSR count). The first-order chi connectivity index (χ1) is 10.2. The average molecular weight is 308 g/mol. The molecule has 1 aliphatic heterocycles. The van der Waals surface area contributed by atoms with Gasteiger partial charge in [0.1, 0.15) is 16.8 Å². The third-order valence-corrected chi connectivity index (χ3v) is 4.10. The summed E-state index contributed by atoms with van der Waals surface area (Å²) in [6.07, 6.45) is 0.407. The van der Waals surface area contributed by atoms with Gasteiger partial charge in [0.25, 0.3) is 5.91 Å². The lowest BCUT2D eigenvalue weighted by molar-refractivity contribution is -0.0265. The fraction of sp³-hybridized carbons (Fsp3) is 0.583. The number of amides is 1. The maximum atomic E-state index is 12.6. The van der Waals surface area contributed by atoms with Crippen LogP contribution in [0.3, 0.4) is 0 Å². The first kappa shape index (κ1) is 14.1. The summed E-state index contributed by atoms with van der Waals surface area (Å²) in [6.45, 7) is 5.26. The number of nitrogens with one attached hydrogen (secondary N) is 1. The summed E-state index contributed by atoms with van der Waals surface area (Å²) >= 11 is 1.15. The molecule has 0 saturated carbocycles. The number of hydrogen-bond donors (Lipinski definition) is 1. The molecular weight excluding hydrogens is 292 g/mol. The van der Waals surface area contributed by atoms with Crippen LogP contribution in [0.1, 0.15) is 40.0 Å². The number of aryl methyl sites for hydroxylation is 2. The number of carbonyl (C=O) groups is 1. The van der Waals surface area contributed by atoms with Crippen LogP contribution < -0.4 is 0 Å². The SMILES string of the molecule is CCc1nnsc1C(=O)N1CCO[C@H](c2n[nH]c(C)n2)C1. The highest BCUT2D eigenvalue weighted by atomic mass is 32.1. The van der Waals surface area contributed by atoms with Gasteiger partial charge < -0.3 is 9.64 Å². The molecule has 1 saturated heterocycles. The molecule has 1 aliphatic rings. The number of carbonyl (C=O) groups excluding carboxylic acids is 1. The smallest absolute Gasteiger partial charge is 0.267 e. The molecule has 9 heteroatoms. The summed E-state index contributed by atoms with van der Waals surface area (Å²) in [4.78, 5) is 19.2. The van der Waals surface area contributed by atoms with E-state index >= 15 is 0 Å². The van der Waals surface area contributed by atoms with Crippen molar-refractivity contribution in [3.63, 3.8) is 0 Å². The second-order valence-electron chi connectivity index (χ2n) is 4.79. The Balaban J connectivity index is 1.75. The van der Waals surface area contributed by atoms with E-state index in [1.54, 1.807) is 4.90 Å². The molecule has 0 bridgehead atoms. The number of aromatic nitrogens is 5. The van der Waals surface area contributed by atoms with E-state index < -0.39 is 0 Å². The molecule has 2 aromatic rings. The monoisotopic (exact) mass is 308 g/mol. The number of H-pyrrole nitrogens is 1. The van der Waals surface area contributed by atoms with Gasteiger partial charge in [0.15, 0.2) is 5.82 Å². The first-order valence-corrected chi connectivity index (χ1v) is 7.57. The molecule has 112 valence electrons. The van der Waals surface area contributed by atoms with Crippen molar-refractivity contribution in [3.8, 4) is 0 Å². The topological polar surface area (TPSA) is 96.9 Å². The van der Waals surface area contributed by atoms with Gasteiger partial charge in [-0.3, -0.25) is 9.89 Å². The summed E-state index contributed by atoms with van der Waals surface area (Å²) in [5, 5.41) is 10.9. The fourth-order valence-corrected chi connectivity index (χ4v) is 2.96. The van der Waals surface area contributed by atoms with E-state index in [-0.39, 0.29) is 12.0 Å². The number of morpholine rings is 1. The van der Waals surface area contributed by atoms with Crippen LogP contribution in [0.4, 0.5) is 0 Å². The summed E-state index contributed by atoms with van der Waals surface area (Å²) in [5.41, 5.74) is 0.752. The molecule has 0 radical (unpaired) electrons. The van der Waals surface area contributed by atoms with E-state index in [0.29, 0.717) is 36.8 Å². The van der Waals surface area contributed by atoms with Crippen LogP contribution in [0, 0.1) is 6.92 Å². The molecule has 1 atom stereocenters. The van der Waals surface area contributed by atoms with Gasteiger partial charge in [-0.15, -0.1) is 5.10 Å². The van der Waals surface area contributed by atoms with Crippen molar-refractivity contribution in [3.05, 3.63) is 22.2 Å². The van der Waals surface area contributed by atoms with Crippen molar-refractivity contribution in [1.82, 2.24) is 29.7 Å². The zero-order chi connectivity index (χ0) is 14.8. The standard InChI is InChI=1S/C12H16N6O2S/c1-3-8-10(21-17-15-8)12(19)18-4-5-20-9(6-18)11-13-7(2)14-16-11/h9H,3-6H2,1-2H3,(H,13,14,16)/t9-/m0/s1. The Labute approximate surface area is 125 Å². The van der Waals surface area contributed by atoms with Gasteiger partial charge in [-0.05, 0) is 24.9 Å². The maximum Gasteiger partial charge on any atom is 0.267 e. The highest BCUT2D eigenvalue weighted by Crippen LogP contribution is 2.22. The largest absolute Gasteiger partial charge is 0.366 e. The van der Waals surface area contributed by atoms with Crippen molar-refractivity contribution in [1.29, 1.82) is 0 Å². The van der Waals surface area contributed by atoms with Gasteiger partial charge in [0, 0.05) is 6.54 Å². The molecule has 3 heterocycles. The van der Waals surface area contributed by atoms with Gasteiger partial charge >= 0.3 is 0 Å². The number of rotatable bonds is 3. The molecule has 0 spiro atoms. The Morgan fingerprint density at radius 1 is 1.57 bits per heavy atom. The van der Waals surface area contributed by atoms with E-state index in [2.05, 4.69) is 24.8 Å². The van der Waals surface area contributed by atoms with Crippen molar-refractivity contribution < 1.29 is 9.53 Å². The van der Waals surface area contributed by atoms with E-state index in [9.17, 15) is 4.79 Å². The molecule has 2 aromatic heterocycles. The summed E-state index contributed by atoms with van der Waals surface area (Å²) in [7, 11) is 0. The van der Waals surface area contributed by atoms with Gasteiger partial charge in [-0.2, -0.15) is 5.10 Å². The number of ether oxygens (including phenoxy) is 1. The van der Waals surface area contributed by atoms with Gasteiger partial charge in [-0.25, -0.2) is 4.98 Å². The van der Waals surface area contributed by atoms with Crippen LogP contribution in [0.25, 0.3) is 0 Å². The molecular formula is C12H16N6O2S. The van der Waals surface area contributed by atoms with Gasteiger partial charge in [-0.1, -0.05) is 11.4 Å². The molecule has 0 unspecified atom stereocenters. The lowest BCUT2D eigenvalue weighted by Crippen LogP contribution is -2.42. The predicted octanol–water partition coefficient (Wildman–Crippen LogP) is 0.741. The van der Waals surface area contributed by atoms with Crippen LogP contribution in [-0.4, -0.2) is 55.3 Å².